The first kappa shape index (κ1) is 30.0. The van der Waals surface area contributed by atoms with Crippen molar-refractivity contribution >= 4 is 102 Å². The van der Waals surface area contributed by atoms with Gasteiger partial charge in [-0.25, -0.2) is 8.42 Å². The van der Waals surface area contributed by atoms with Gasteiger partial charge < -0.3 is 21.3 Å². The van der Waals surface area contributed by atoms with Crippen molar-refractivity contribution in [2.75, 3.05) is 17.2 Å². The van der Waals surface area contributed by atoms with E-state index in [0.29, 0.717) is 6.54 Å². The second-order valence-electron chi connectivity index (χ2n) is 6.74. The normalized spacial score (nSPS) is 13.0. The molecule has 7 nitrogen and oxygen atoms in total. The van der Waals surface area contributed by atoms with Crippen LogP contribution in [0.4, 0.5) is 24.5 Å². The molecule has 192 valence electrons. The molecule has 0 aliphatic rings. The summed E-state index contributed by atoms with van der Waals surface area (Å²) in [6.45, 7) is 2.09. The summed E-state index contributed by atoms with van der Waals surface area (Å²) in [4.78, 5) is 11.6. The molecule has 16 heteroatoms. The van der Waals surface area contributed by atoms with Crippen LogP contribution in [0.1, 0.15) is 17.3 Å². The van der Waals surface area contributed by atoms with Gasteiger partial charge in [0.05, 0.1) is 16.3 Å². The highest BCUT2D eigenvalue weighted by molar-refractivity contribution is 14.1. The fourth-order valence-electron chi connectivity index (χ4n) is 2.58. The fraction of sp³-hybridized carbons (Fsp3) is 0.263. The number of rotatable bonds is 7. The van der Waals surface area contributed by atoms with Gasteiger partial charge in [0.15, 0.2) is 5.11 Å². The fourth-order valence-corrected chi connectivity index (χ4v) is 4.28. The summed E-state index contributed by atoms with van der Waals surface area (Å²) >= 11 is 25.1. The van der Waals surface area contributed by atoms with Crippen LogP contribution in [0.3, 0.4) is 0 Å². The number of sulfone groups is 1. The average Bonchev–Trinajstić information content (AvgIpc) is 2.73. The molecular weight excluding hydrogens is 687 g/mol. The van der Waals surface area contributed by atoms with Gasteiger partial charge in [0.25, 0.3) is 15.7 Å². The molecule has 2 aromatic rings. The Morgan fingerprint density at radius 3 is 2.17 bits per heavy atom. The molecule has 0 spiro atoms. The summed E-state index contributed by atoms with van der Waals surface area (Å²) < 4.78 is 61.5. The van der Waals surface area contributed by atoms with Crippen LogP contribution in [-0.2, 0) is 9.84 Å². The van der Waals surface area contributed by atoms with Crippen LogP contribution in [0.25, 0.3) is 0 Å². The van der Waals surface area contributed by atoms with Crippen LogP contribution < -0.4 is 21.3 Å². The minimum Gasteiger partial charge on any atom is -0.384 e. The Hall–Kier alpha value is -1.26. The second kappa shape index (κ2) is 11.9. The minimum atomic E-state index is -5.61. The van der Waals surface area contributed by atoms with E-state index in [9.17, 15) is 26.4 Å². The van der Waals surface area contributed by atoms with Crippen molar-refractivity contribution in [3.63, 3.8) is 0 Å². The van der Waals surface area contributed by atoms with Gasteiger partial charge in [-0.05, 0) is 84.2 Å². The zero-order chi connectivity index (χ0) is 26.6. The summed E-state index contributed by atoms with van der Waals surface area (Å²) in [5, 5.41) is 10.2. The smallest absolute Gasteiger partial charge is 0.384 e. The van der Waals surface area contributed by atoms with Crippen LogP contribution in [0.15, 0.2) is 47.4 Å². The van der Waals surface area contributed by atoms with Crippen molar-refractivity contribution in [2.45, 2.75) is 27.3 Å². The highest BCUT2D eigenvalue weighted by atomic mass is 127. The van der Waals surface area contributed by atoms with Crippen molar-refractivity contribution in [3.8, 4) is 0 Å². The van der Waals surface area contributed by atoms with Crippen LogP contribution in [0.2, 0.25) is 0 Å². The number of benzene rings is 2. The predicted octanol–water partition coefficient (Wildman–Crippen LogP) is 5.43. The molecular formula is C19H17Cl3F3IN4O3S2. The zero-order valence-corrected chi connectivity index (χ0v) is 23.6. The number of thiocarbonyl (C=S) groups is 1. The maximum Gasteiger partial charge on any atom is 0.501 e. The summed E-state index contributed by atoms with van der Waals surface area (Å²) in [5.41, 5.74) is -5.07. The Labute approximate surface area is 233 Å². The number of carbonyl (C=O) groups excluding carboxylic acids is 1. The Kier molecular flexibility index (Phi) is 10.2. The van der Waals surface area contributed by atoms with E-state index in [1.165, 1.54) is 0 Å². The average molecular weight is 704 g/mol. The molecule has 0 saturated heterocycles. The van der Waals surface area contributed by atoms with Gasteiger partial charge in [-0.2, -0.15) is 13.2 Å². The molecule has 0 aliphatic carbocycles. The number of halogens is 7. The third-order valence-corrected chi connectivity index (χ3v) is 7.28. The molecule has 1 amide bonds. The van der Waals surface area contributed by atoms with Gasteiger partial charge in [0.2, 0.25) is 3.79 Å². The molecule has 0 bridgehead atoms. The summed E-state index contributed by atoms with van der Waals surface area (Å²) in [7, 11) is -5.61. The van der Waals surface area contributed by atoms with Gasteiger partial charge in [0.1, 0.15) is 6.17 Å². The number of anilines is 2. The van der Waals surface area contributed by atoms with E-state index >= 15 is 0 Å². The molecule has 0 aromatic heterocycles. The van der Waals surface area contributed by atoms with Crippen LogP contribution in [0.5, 0.6) is 0 Å². The number of alkyl halides is 6. The third kappa shape index (κ3) is 8.12. The number of amides is 1. The predicted molar refractivity (Wildman–Crippen MR) is 144 cm³/mol. The van der Waals surface area contributed by atoms with Crippen molar-refractivity contribution < 1.29 is 26.4 Å². The monoisotopic (exact) mass is 702 g/mol. The van der Waals surface area contributed by atoms with E-state index in [2.05, 4.69) is 43.9 Å². The molecule has 2 rings (SSSR count). The summed E-state index contributed by atoms with van der Waals surface area (Å²) in [5.74, 6) is -0.598. The Balaban J connectivity index is 2.29. The SMILES string of the molecule is CCNc1ccc(S(=O)(=O)C(F)(F)F)cc1NC(=S)NC(NC(=O)c1ccc(I)cc1)C(Cl)(Cl)Cl. The molecule has 4 N–H and O–H groups in total. The Bertz CT molecular complexity index is 1190. The molecule has 0 saturated carbocycles. The lowest BCUT2D eigenvalue weighted by Crippen LogP contribution is -2.56. The van der Waals surface area contributed by atoms with Crippen molar-refractivity contribution in [2.24, 2.45) is 0 Å². The van der Waals surface area contributed by atoms with Gasteiger partial charge in [0, 0.05) is 15.7 Å². The molecule has 1 unspecified atom stereocenters. The Morgan fingerprint density at radius 1 is 1.06 bits per heavy atom. The number of nitrogens with one attached hydrogen (secondary N) is 4. The lowest BCUT2D eigenvalue weighted by molar-refractivity contribution is -0.0436. The van der Waals surface area contributed by atoms with E-state index in [1.807, 2.05) is 0 Å². The molecule has 1 atom stereocenters. The van der Waals surface area contributed by atoms with E-state index in [1.54, 1.807) is 31.2 Å². The van der Waals surface area contributed by atoms with E-state index in [4.69, 9.17) is 47.0 Å². The van der Waals surface area contributed by atoms with Crippen LogP contribution in [-0.4, -0.2) is 41.4 Å². The Morgan fingerprint density at radius 2 is 1.66 bits per heavy atom. The molecule has 2 aromatic carbocycles. The van der Waals surface area contributed by atoms with Gasteiger partial charge in [-0.3, -0.25) is 4.79 Å². The topological polar surface area (TPSA) is 99.3 Å². The lowest BCUT2D eigenvalue weighted by Gasteiger charge is -2.28. The van der Waals surface area contributed by atoms with Crippen LogP contribution >= 0.6 is 69.6 Å². The molecule has 35 heavy (non-hydrogen) atoms. The largest absolute Gasteiger partial charge is 0.501 e. The van der Waals surface area contributed by atoms with Gasteiger partial charge in [-0.15, -0.1) is 0 Å². The van der Waals surface area contributed by atoms with Crippen molar-refractivity contribution in [1.29, 1.82) is 0 Å². The number of carbonyl (C=O) groups is 1. The summed E-state index contributed by atoms with van der Waals surface area (Å²) in [6, 6.07) is 9.24. The molecule has 0 fully saturated rings. The molecule has 0 heterocycles. The maximum atomic E-state index is 13.0. The quantitative estimate of drug-likeness (QED) is 0.132. The number of hydrogen-bond acceptors (Lipinski definition) is 5. The third-order valence-electron chi connectivity index (χ3n) is 4.21. The lowest BCUT2D eigenvalue weighted by atomic mass is 10.2. The minimum absolute atomic E-state index is 0.0956. The molecule has 0 radical (unpaired) electrons. The van der Waals surface area contributed by atoms with Crippen LogP contribution in [0, 0.1) is 3.57 Å². The van der Waals surface area contributed by atoms with E-state index in [0.717, 1.165) is 21.8 Å². The van der Waals surface area contributed by atoms with E-state index < -0.39 is 36.1 Å². The highest BCUT2D eigenvalue weighted by Gasteiger charge is 2.47. The van der Waals surface area contributed by atoms with Crippen molar-refractivity contribution in [1.82, 2.24) is 10.6 Å². The first-order valence-electron chi connectivity index (χ1n) is 9.46. The molecule has 0 aliphatic heterocycles. The standard InChI is InChI=1S/C19H17Cl3F3IN4O3S2/c1-2-27-13-8-7-12(35(32,33)19(23,24)25)9-14(13)28-17(34)30-16(18(20,21)22)29-15(31)10-3-5-11(26)6-4-10/h3-9,16,27H,2H2,1H3,(H,29,31)(H2,28,30,34). The van der Waals surface area contributed by atoms with Gasteiger partial charge in [-0.1, -0.05) is 34.8 Å². The first-order valence-corrected chi connectivity index (χ1v) is 13.6. The second-order valence-corrected chi connectivity index (χ2v) is 12.7. The number of hydrogen-bond donors (Lipinski definition) is 4. The van der Waals surface area contributed by atoms with Gasteiger partial charge >= 0.3 is 5.51 Å². The summed E-state index contributed by atoms with van der Waals surface area (Å²) in [6.07, 6.45) is -1.37. The van der Waals surface area contributed by atoms with E-state index in [-0.39, 0.29) is 22.1 Å². The maximum absolute atomic E-state index is 13.0. The first-order chi connectivity index (χ1) is 16.1. The van der Waals surface area contributed by atoms with Crippen molar-refractivity contribution in [3.05, 3.63) is 51.6 Å². The highest BCUT2D eigenvalue weighted by Crippen LogP contribution is 2.34. The zero-order valence-electron chi connectivity index (χ0n) is 17.5.